The molecule has 0 N–H and O–H groups in total. The molecule has 2 heterocycles. The Hall–Kier alpha value is -1.06. The Kier molecular flexibility index (Phi) is 3.50. The van der Waals surface area contributed by atoms with Crippen LogP contribution in [0.1, 0.15) is 16.8 Å². The first-order valence-corrected chi connectivity index (χ1v) is 7.23. The highest BCUT2D eigenvalue weighted by atomic mass is 35.5. The first-order chi connectivity index (χ1) is 9.11. The Morgan fingerprint density at radius 1 is 1.11 bits per heavy atom. The molecule has 0 aliphatic carbocycles. The van der Waals surface area contributed by atoms with Crippen molar-refractivity contribution in [1.82, 2.24) is 9.80 Å². The van der Waals surface area contributed by atoms with Gasteiger partial charge in [0.2, 0.25) is 0 Å². The smallest absolute Gasteiger partial charge is 0.253 e. The van der Waals surface area contributed by atoms with E-state index in [0.29, 0.717) is 16.9 Å². The zero-order valence-corrected chi connectivity index (χ0v) is 11.9. The van der Waals surface area contributed by atoms with Gasteiger partial charge in [-0.3, -0.25) is 4.79 Å². The van der Waals surface area contributed by atoms with E-state index in [1.54, 1.807) is 12.1 Å². The van der Waals surface area contributed by atoms with Crippen molar-refractivity contribution in [1.29, 1.82) is 0 Å². The van der Waals surface area contributed by atoms with E-state index in [-0.39, 0.29) is 5.91 Å². The topological polar surface area (TPSA) is 23.6 Å². The number of halogens is 1. The molecular weight excluding hydrogens is 260 g/mol. The van der Waals surface area contributed by atoms with Gasteiger partial charge in [-0.2, -0.15) is 0 Å². The minimum Gasteiger partial charge on any atom is -0.338 e. The minimum atomic E-state index is 0.149. The average Bonchev–Trinajstić information content (AvgIpc) is 2.37. The lowest BCUT2D eigenvalue weighted by molar-refractivity contribution is 0.0332. The quantitative estimate of drug-likeness (QED) is 0.787. The molecule has 2 fully saturated rings. The highest BCUT2D eigenvalue weighted by Crippen LogP contribution is 2.28. The SMILES string of the molecule is CN1CC2CC(C1)CN(C(=O)c1ccc(Cl)cc1)C2. The molecule has 1 aromatic carbocycles. The van der Waals surface area contributed by atoms with Crippen molar-refractivity contribution < 1.29 is 4.79 Å². The molecule has 1 amide bonds. The van der Waals surface area contributed by atoms with Crippen molar-refractivity contribution in [2.75, 3.05) is 33.2 Å². The van der Waals surface area contributed by atoms with E-state index in [4.69, 9.17) is 11.6 Å². The number of benzene rings is 1. The van der Waals surface area contributed by atoms with Crippen LogP contribution in [-0.4, -0.2) is 48.9 Å². The lowest BCUT2D eigenvalue weighted by Crippen LogP contribution is -2.53. The molecule has 0 radical (unpaired) electrons. The van der Waals surface area contributed by atoms with Gasteiger partial charge >= 0.3 is 0 Å². The summed E-state index contributed by atoms with van der Waals surface area (Å²) in [7, 11) is 2.18. The van der Waals surface area contributed by atoms with E-state index in [0.717, 1.165) is 31.7 Å². The molecule has 0 saturated carbocycles. The van der Waals surface area contributed by atoms with Gasteiger partial charge in [0.05, 0.1) is 0 Å². The fraction of sp³-hybridized carbons (Fsp3) is 0.533. The van der Waals surface area contributed by atoms with Crippen molar-refractivity contribution in [2.45, 2.75) is 6.42 Å². The van der Waals surface area contributed by atoms with Crippen LogP contribution in [0.15, 0.2) is 24.3 Å². The van der Waals surface area contributed by atoms with E-state index >= 15 is 0 Å². The summed E-state index contributed by atoms with van der Waals surface area (Å²) in [5.74, 6) is 1.42. The summed E-state index contributed by atoms with van der Waals surface area (Å²) in [4.78, 5) is 16.9. The Bertz CT molecular complexity index is 456. The van der Waals surface area contributed by atoms with Crippen LogP contribution in [0.5, 0.6) is 0 Å². The second-order valence-corrected chi connectivity index (χ2v) is 6.34. The third-order valence-electron chi connectivity index (χ3n) is 4.14. The van der Waals surface area contributed by atoms with Crippen LogP contribution >= 0.6 is 11.6 Å². The van der Waals surface area contributed by atoms with Crippen molar-refractivity contribution in [2.24, 2.45) is 11.8 Å². The van der Waals surface area contributed by atoms with Crippen LogP contribution in [0.2, 0.25) is 5.02 Å². The average molecular weight is 279 g/mol. The summed E-state index contributed by atoms with van der Waals surface area (Å²) in [5, 5.41) is 0.675. The zero-order chi connectivity index (χ0) is 13.4. The molecule has 0 aromatic heterocycles. The van der Waals surface area contributed by atoms with Gasteiger partial charge in [0.25, 0.3) is 5.91 Å². The Morgan fingerprint density at radius 3 is 2.26 bits per heavy atom. The van der Waals surface area contributed by atoms with Crippen molar-refractivity contribution in [3.8, 4) is 0 Å². The summed E-state index contributed by atoms with van der Waals surface area (Å²) < 4.78 is 0. The number of rotatable bonds is 1. The zero-order valence-electron chi connectivity index (χ0n) is 11.2. The molecule has 2 unspecified atom stereocenters. The van der Waals surface area contributed by atoms with E-state index in [1.807, 2.05) is 17.0 Å². The van der Waals surface area contributed by atoms with E-state index < -0.39 is 0 Å². The number of piperidine rings is 2. The first-order valence-electron chi connectivity index (χ1n) is 6.85. The summed E-state index contributed by atoms with van der Waals surface area (Å²) >= 11 is 5.87. The molecule has 0 spiro atoms. The maximum atomic E-state index is 12.5. The molecule has 2 atom stereocenters. The van der Waals surface area contributed by atoms with E-state index in [2.05, 4.69) is 11.9 Å². The number of carbonyl (C=O) groups is 1. The van der Waals surface area contributed by atoms with E-state index in [9.17, 15) is 4.79 Å². The lowest BCUT2D eigenvalue weighted by Gasteiger charge is -2.44. The van der Waals surface area contributed by atoms with Crippen LogP contribution in [0, 0.1) is 11.8 Å². The third kappa shape index (κ3) is 2.77. The third-order valence-corrected chi connectivity index (χ3v) is 4.39. The number of nitrogens with zero attached hydrogens (tertiary/aromatic N) is 2. The number of carbonyl (C=O) groups excluding carboxylic acids is 1. The molecule has 1 aromatic rings. The molecule has 2 saturated heterocycles. The molecule has 2 aliphatic heterocycles. The number of likely N-dealkylation sites (tertiary alicyclic amines) is 2. The molecule has 4 heteroatoms. The highest BCUT2D eigenvalue weighted by Gasteiger charge is 2.34. The molecule has 2 aliphatic rings. The van der Waals surface area contributed by atoms with Crippen LogP contribution < -0.4 is 0 Å². The van der Waals surface area contributed by atoms with Gasteiger partial charge in [-0.1, -0.05) is 11.6 Å². The van der Waals surface area contributed by atoms with Crippen LogP contribution in [0.25, 0.3) is 0 Å². The lowest BCUT2D eigenvalue weighted by atomic mass is 9.84. The maximum absolute atomic E-state index is 12.5. The van der Waals surface area contributed by atoms with Crippen LogP contribution in [0.3, 0.4) is 0 Å². The van der Waals surface area contributed by atoms with Gasteiger partial charge < -0.3 is 9.80 Å². The largest absolute Gasteiger partial charge is 0.338 e. The fourth-order valence-electron chi connectivity index (χ4n) is 3.48. The molecule has 102 valence electrons. The predicted molar refractivity (Wildman–Crippen MR) is 76.4 cm³/mol. The summed E-state index contributed by atoms with van der Waals surface area (Å²) in [6.07, 6.45) is 1.27. The Labute approximate surface area is 119 Å². The fourth-order valence-corrected chi connectivity index (χ4v) is 3.61. The van der Waals surface area contributed by atoms with Gasteiger partial charge in [0, 0.05) is 36.8 Å². The highest BCUT2D eigenvalue weighted by molar-refractivity contribution is 6.30. The van der Waals surface area contributed by atoms with Crippen molar-refractivity contribution in [3.05, 3.63) is 34.9 Å². The second-order valence-electron chi connectivity index (χ2n) is 5.91. The molecule has 3 rings (SSSR count). The normalized spacial score (nSPS) is 27.4. The first kappa shape index (κ1) is 12.9. The van der Waals surface area contributed by atoms with Gasteiger partial charge in [-0.25, -0.2) is 0 Å². The summed E-state index contributed by atoms with van der Waals surface area (Å²) in [5.41, 5.74) is 0.748. The second kappa shape index (κ2) is 5.14. The summed E-state index contributed by atoms with van der Waals surface area (Å²) in [6.45, 7) is 4.01. The van der Waals surface area contributed by atoms with Gasteiger partial charge in [0.15, 0.2) is 0 Å². The number of hydrogen-bond donors (Lipinski definition) is 0. The number of fused-ring (bicyclic) bond motifs is 2. The van der Waals surface area contributed by atoms with Crippen LogP contribution in [0.4, 0.5) is 0 Å². The van der Waals surface area contributed by atoms with E-state index in [1.165, 1.54) is 6.42 Å². The number of amides is 1. The summed E-state index contributed by atoms with van der Waals surface area (Å²) in [6, 6.07) is 7.21. The van der Waals surface area contributed by atoms with Crippen LogP contribution in [-0.2, 0) is 0 Å². The maximum Gasteiger partial charge on any atom is 0.253 e. The molecular formula is C15H19ClN2O. The predicted octanol–water partition coefficient (Wildman–Crippen LogP) is 2.36. The van der Waals surface area contributed by atoms with Gasteiger partial charge in [-0.05, 0) is 49.6 Å². The minimum absolute atomic E-state index is 0.149. The van der Waals surface area contributed by atoms with Crippen molar-refractivity contribution >= 4 is 17.5 Å². The monoisotopic (exact) mass is 278 g/mol. The molecule has 2 bridgehead atoms. The van der Waals surface area contributed by atoms with Gasteiger partial charge in [0.1, 0.15) is 0 Å². The molecule has 3 nitrogen and oxygen atoms in total. The van der Waals surface area contributed by atoms with Gasteiger partial charge in [-0.15, -0.1) is 0 Å². The Morgan fingerprint density at radius 2 is 1.68 bits per heavy atom. The Balaban J connectivity index is 1.73. The standard InChI is InChI=1S/C15H19ClN2O/c1-17-7-11-6-12(8-17)10-18(9-11)15(19)13-2-4-14(16)5-3-13/h2-5,11-12H,6-10H2,1H3. The molecule has 19 heavy (non-hydrogen) atoms. The van der Waals surface area contributed by atoms with Crippen molar-refractivity contribution in [3.63, 3.8) is 0 Å². The number of hydrogen-bond acceptors (Lipinski definition) is 2.